The monoisotopic (exact) mass is 299 g/mol. The van der Waals surface area contributed by atoms with E-state index in [9.17, 15) is 4.79 Å². The van der Waals surface area contributed by atoms with Crippen molar-refractivity contribution in [1.29, 1.82) is 0 Å². The fourth-order valence-electron chi connectivity index (χ4n) is 1.68. The van der Waals surface area contributed by atoms with E-state index < -0.39 is 7.12 Å². The van der Waals surface area contributed by atoms with Crippen molar-refractivity contribution in [3.8, 4) is 0 Å². The number of hydrogen-bond acceptors (Lipinski definition) is 5. The van der Waals surface area contributed by atoms with Crippen LogP contribution in [0.2, 0.25) is 0 Å². The first kappa shape index (κ1) is 12.5. The maximum Gasteiger partial charge on any atom is 0.491 e. The molecule has 1 aliphatic rings. The number of anilines is 1. The van der Waals surface area contributed by atoms with Crippen LogP contribution < -0.4 is 10.4 Å². The Morgan fingerprint density at radius 2 is 2.12 bits per heavy atom. The van der Waals surface area contributed by atoms with E-state index >= 15 is 0 Å². The summed E-state index contributed by atoms with van der Waals surface area (Å²) in [7, 11) is -1.59. The van der Waals surface area contributed by atoms with Gasteiger partial charge in [0.15, 0.2) is 0 Å². The SMILES string of the molecule is O=C1CC(CBr)CN1c1ncc(B(O)O)cn1. The number of nitrogens with zero attached hydrogens (tertiary/aromatic N) is 3. The second-order valence-electron chi connectivity index (χ2n) is 3.92. The van der Waals surface area contributed by atoms with E-state index in [-0.39, 0.29) is 17.3 Å². The van der Waals surface area contributed by atoms with Crippen molar-refractivity contribution in [2.75, 3.05) is 16.8 Å². The van der Waals surface area contributed by atoms with Crippen LogP contribution in [0.1, 0.15) is 6.42 Å². The molecule has 8 heteroatoms. The lowest BCUT2D eigenvalue weighted by Gasteiger charge is -2.13. The Hall–Kier alpha value is -0.985. The van der Waals surface area contributed by atoms with Gasteiger partial charge in [-0.25, -0.2) is 9.97 Å². The highest BCUT2D eigenvalue weighted by molar-refractivity contribution is 9.09. The van der Waals surface area contributed by atoms with E-state index in [0.717, 1.165) is 5.33 Å². The fourth-order valence-corrected chi connectivity index (χ4v) is 2.12. The van der Waals surface area contributed by atoms with Crippen molar-refractivity contribution < 1.29 is 14.8 Å². The zero-order valence-corrected chi connectivity index (χ0v) is 10.5. The van der Waals surface area contributed by atoms with E-state index in [1.165, 1.54) is 17.3 Å². The topological polar surface area (TPSA) is 86.6 Å². The van der Waals surface area contributed by atoms with E-state index in [2.05, 4.69) is 25.9 Å². The van der Waals surface area contributed by atoms with Crippen LogP contribution in [0.3, 0.4) is 0 Å². The van der Waals surface area contributed by atoms with Gasteiger partial charge in [0.1, 0.15) is 0 Å². The van der Waals surface area contributed by atoms with Crippen LogP contribution in [0.4, 0.5) is 5.95 Å². The van der Waals surface area contributed by atoms with E-state index in [1.807, 2.05) is 0 Å². The number of aromatic nitrogens is 2. The molecule has 0 saturated carbocycles. The highest BCUT2D eigenvalue weighted by atomic mass is 79.9. The molecule has 2 heterocycles. The zero-order valence-electron chi connectivity index (χ0n) is 8.95. The predicted molar refractivity (Wildman–Crippen MR) is 66.1 cm³/mol. The first-order valence-corrected chi connectivity index (χ1v) is 6.28. The van der Waals surface area contributed by atoms with Crippen molar-refractivity contribution >= 4 is 40.4 Å². The van der Waals surface area contributed by atoms with Gasteiger partial charge in [0.05, 0.1) is 0 Å². The van der Waals surface area contributed by atoms with Crippen LogP contribution >= 0.6 is 15.9 Å². The molecule has 1 fully saturated rings. The van der Waals surface area contributed by atoms with Gasteiger partial charge < -0.3 is 10.0 Å². The van der Waals surface area contributed by atoms with Crippen LogP contribution in [0.5, 0.6) is 0 Å². The second-order valence-corrected chi connectivity index (χ2v) is 4.57. The molecule has 0 aromatic carbocycles. The molecule has 1 atom stereocenters. The molecule has 0 spiro atoms. The summed E-state index contributed by atoms with van der Waals surface area (Å²) in [6.07, 6.45) is 3.10. The molecule has 0 bridgehead atoms. The van der Waals surface area contributed by atoms with Gasteiger partial charge in [-0.2, -0.15) is 0 Å². The number of rotatable bonds is 3. The number of halogens is 1. The zero-order chi connectivity index (χ0) is 12.4. The summed E-state index contributed by atoms with van der Waals surface area (Å²) in [6.45, 7) is 0.588. The molecule has 2 N–H and O–H groups in total. The van der Waals surface area contributed by atoms with Gasteiger partial charge in [-0.15, -0.1) is 0 Å². The minimum absolute atomic E-state index is 0.00764. The van der Waals surface area contributed by atoms with Gasteiger partial charge in [-0.3, -0.25) is 9.69 Å². The lowest BCUT2D eigenvalue weighted by atomic mass is 9.83. The molecule has 6 nitrogen and oxygen atoms in total. The third kappa shape index (κ3) is 2.64. The van der Waals surface area contributed by atoms with Crippen molar-refractivity contribution in [3.63, 3.8) is 0 Å². The van der Waals surface area contributed by atoms with Crippen LogP contribution in [0.15, 0.2) is 12.4 Å². The summed E-state index contributed by atoms with van der Waals surface area (Å²) in [5.41, 5.74) is 0.206. The molecule has 1 amide bonds. The van der Waals surface area contributed by atoms with E-state index in [1.54, 1.807) is 0 Å². The quantitative estimate of drug-likeness (QED) is 0.547. The third-order valence-electron chi connectivity index (χ3n) is 2.62. The highest BCUT2D eigenvalue weighted by Gasteiger charge is 2.31. The minimum Gasteiger partial charge on any atom is -0.423 e. The average molecular weight is 300 g/mol. The first-order valence-electron chi connectivity index (χ1n) is 5.16. The van der Waals surface area contributed by atoms with Crippen LogP contribution in [0.25, 0.3) is 0 Å². The van der Waals surface area contributed by atoms with Gasteiger partial charge in [0.2, 0.25) is 11.9 Å². The fraction of sp³-hybridized carbons (Fsp3) is 0.444. The molecule has 2 rings (SSSR count). The molecule has 0 radical (unpaired) electrons. The summed E-state index contributed by atoms with van der Waals surface area (Å²) in [6, 6.07) is 0. The Morgan fingerprint density at radius 1 is 1.47 bits per heavy atom. The smallest absolute Gasteiger partial charge is 0.423 e. The van der Waals surface area contributed by atoms with Gasteiger partial charge in [0, 0.05) is 36.2 Å². The highest BCUT2D eigenvalue weighted by Crippen LogP contribution is 2.22. The Kier molecular flexibility index (Phi) is 3.75. The maximum atomic E-state index is 11.7. The molecule has 90 valence electrons. The summed E-state index contributed by atoms with van der Waals surface area (Å²) in [5.74, 6) is 0.573. The van der Waals surface area contributed by atoms with Crippen molar-refractivity contribution in [2.45, 2.75) is 6.42 Å². The molecular weight excluding hydrogens is 289 g/mol. The Bertz CT molecular complexity index is 414. The maximum absolute atomic E-state index is 11.7. The van der Waals surface area contributed by atoms with E-state index in [0.29, 0.717) is 18.9 Å². The Labute approximate surface area is 107 Å². The average Bonchev–Trinajstić information content (AvgIpc) is 2.71. The van der Waals surface area contributed by atoms with Gasteiger partial charge in [0.25, 0.3) is 0 Å². The molecule has 17 heavy (non-hydrogen) atoms. The van der Waals surface area contributed by atoms with Gasteiger partial charge in [-0.05, 0) is 5.92 Å². The van der Waals surface area contributed by atoms with E-state index in [4.69, 9.17) is 10.0 Å². The van der Waals surface area contributed by atoms with Crippen molar-refractivity contribution in [2.24, 2.45) is 5.92 Å². The summed E-state index contributed by atoms with van der Waals surface area (Å²) < 4.78 is 0. The lowest BCUT2D eigenvalue weighted by molar-refractivity contribution is -0.117. The lowest BCUT2D eigenvalue weighted by Crippen LogP contribution is -2.33. The van der Waals surface area contributed by atoms with Crippen molar-refractivity contribution in [1.82, 2.24) is 9.97 Å². The third-order valence-corrected chi connectivity index (χ3v) is 3.54. The molecule has 1 aromatic rings. The van der Waals surface area contributed by atoms with Gasteiger partial charge in [-0.1, -0.05) is 15.9 Å². The van der Waals surface area contributed by atoms with Crippen LogP contribution in [-0.4, -0.2) is 44.9 Å². The summed E-state index contributed by atoms with van der Waals surface area (Å²) in [4.78, 5) is 21.1. The summed E-state index contributed by atoms with van der Waals surface area (Å²) >= 11 is 3.35. The number of carbonyl (C=O) groups is 1. The largest absolute Gasteiger partial charge is 0.491 e. The number of alkyl halides is 1. The number of amides is 1. The molecule has 1 aromatic heterocycles. The number of hydrogen-bond donors (Lipinski definition) is 2. The predicted octanol–water partition coefficient (Wildman–Crippen LogP) is -1.10. The standard InChI is InChI=1S/C9H11BBrN3O3/c11-2-6-1-8(15)14(5-6)9-12-3-7(4-13-9)10(16)17/h3-4,6,16-17H,1-2,5H2. The molecule has 1 aliphatic heterocycles. The normalized spacial score (nSPS) is 19.8. The van der Waals surface area contributed by atoms with Crippen molar-refractivity contribution in [3.05, 3.63) is 12.4 Å². The van der Waals surface area contributed by atoms with Gasteiger partial charge >= 0.3 is 7.12 Å². The molecule has 1 saturated heterocycles. The van der Waals surface area contributed by atoms with Crippen LogP contribution in [-0.2, 0) is 4.79 Å². The molecule has 1 unspecified atom stereocenters. The summed E-state index contributed by atoms with van der Waals surface area (Å²) in [5, 5.41) is 18.6. The molecule has 0 aliphatic carbocycles. The van der Waals surface area contributed by atoms with Crippen LogP contribution in [0, 0.1) is 5.92 Å². The Morgan fingerprint density at radius 3 is 2.59 bits per heavy atom. The minimum atomic E-state index is -1.59. The Balaban J connectivity index is 2.15. The second kappa shape index (κ2) is 5.11. The first-order chi connectivity index (χ1) is 8.11. The molecular formula is C9H11BBrN3O3. The number of carbonyl (C=O) groups excluding carboxylic acids is 1.